The molecule has 2 unspecified atom stereocenters. The van der Waals surface area contributed by atoms with E-state index in [1.165, 1.54) is 11.3 Å². The maximum absolute atomic E-state index is 12.3. The largest absolute Gasteiger partial charge is 0.352 e. The minimum absolute atomic E-state index is 0.0113. The topological polar surface area (TPSA) is 70.2 Å². The van der Waals surface area contributed by atoms with Crippen molar-refractivity contribution in [3.05, 3.63) is 55.7 Å². The maximum Gasteiger partial charge on any atom is 0.223 e. The third kappa shape index (κ3) is 4.82. The van der Waals surface area contributed by atoms with Gasteiger partial charge in [-0.1, -0.05) is 43.1 Å². The van der Waals surface area contributed by atoms with Gasteiger partial charge in [0.1, 0.15) is 6.17 Å². The molecule has 2 aromatic rings. The van der Waals surface area contributed by atoms with Gasteiger partial charge in [-0.25, -0.2) is 0 Å². The van der Waals surface area contributed by atoms with E-state index in [0.29, 0.717) is 22.3 Å². The zero-order chi connectivity index (χ0) is 19.6. The Morgan fingerprint density at radius 3 is 2.74 bits per heavy atom. The number of carbonyl (C=O) groups is 2. The van der Waals surface area contributed by atoms with Crippen LogP contribution >= 0.6 is 34.5 Å². The molecule has 144 valence electrons. The van der Waals surface area contributed by atoms with E-state index in [2.05, 4.69) is 16.0 Å². The van der Waals surface area contributed by atoms with Gasteiger partial charge in [-0.3, -0.25) is 14.9 Å². The summed E-state index contributed by atoms with van der Waals surface area (Å²) in [5.41, 5.74) is 2.59. The van der Waals surface area contributed by atoms with E-state index in [-0.39, 0.29) is 23.8 Å². The summed E-state index contributed by atoms with van der Waals surface area (Å²) >= 11 is 14.1. The van der Waals surface area contributed by atoms with Crippen LogP contribution in [-0.2, 0) is 16.1 Å². The SMILES string of the molecule is CC(C)C(=O)NCc1ccc(Cl)c(C2NC(=O)CC(c3ccsc3Cl)N2)c1. The number of carbonyl (C=O) groups excluding carboxylic acids is 2. The number of benzene rings is 1. The summed E-state index contributed by atoms with van der Waals surface area (Å²) in [4.78, 5) is 24.1. The van der Waals surface area contributed by atoms with Gasteiger partial charge >= 0.3 is 0 Å². The molecule has 27 heavy (non-hydrogen) atoms. The zero-order valence-electron chi connectivity index (χ0n) is 15.0. The van der Waals surface area contributed by atoms with E-state index in [1.807, 2.05) is 37.4 Å². The Hall–Kier alpha value is -1.60. The van der Waals surface area contributed by atoms with E-state index in [0.717, 1.165) is 16.7 Å². The Morgan fingerprint density at radius 1 is 1.30 bits per heavy atom. The van der Waals surface area contributed by atoms with Crippen LogP contribution in [0.1, 0.15) is 49.2 Å². The van der Waals surface area contributed by atoms with Gasteiger partial charge in [0, 0.05) is 35.5 Å². The molecule has 1 saturated heterocycles. The van der Waals surface area contributed by atoms with Gasteiger partial charge in [-0.05, 0) is 34.7 Å². The minimum atomic E-state index is -0.430. The summed E-state index contributed by atoms with van der Waals surface area (Å²) in [5, 5.41) is 11.7. The molecule has 0 bridgehead atoms. The third-order valence-electron chi connectivity index (χ3n) is 4.45. The monoisotopic (exact) mass is 425 g/mol. The molecule has 5 nitrogen and oxygen atoms in total. The first kappa shape index (κ1) is 20.1. The summed E-state index contributed by atoms with van der Waals surface area (Å²) in [7, 11) is 0. The Labute approximate surface area is 172 Å². The Kier molecular flexibility index (Phi) is 6.42. The first-order chi connectivity index (χ1) is 12.8. The van der Waals surface area contributed by atoms with E-state index >= 15 is 0 Å². The van der Waals surface area contributed by atoms with Crippen LogP contribution in [0, 0.1) is 5.92 Å². The number of thiophene rings is 1. The number of hydrogen-bond donors (Lipinski definition) is 3. The summed E-state index contributed by atoms with van der Waals surface area (Å²) in [6, 6.07) is 7.30. The van der Waals surface area contributed by atoms with Crippen molar-refractivity contribution in [2.75, 3.05) is 0 Å². The average Bonchev–Trinajstić information content (AvgIpc) is 3.06. The second kappa shape index (κ2) is 8.61. The molecule has 0 radical (unpaired) electrons. The summed E-state index contributed by atoms with van der Waals surface area (Å²) < 4.78 is 0.678. The van der Waals surface area contributed by atoms with Crippen molar-refractivity contribution >= 4 is 46.4 Å². The van der Waals surface area contributed by atoms with Crippen LogP contribution in [0.25, 0.3) is 0 Å². The fraction of sp³-hybridized carbons (Fsp3) is 0.368. The number of hydrogen-bond acceptors (Lipinski definition) is 4. The molecule has 1 fully saturated rings. The third-order valence-corrected chi connectivity index (χ3v) is 5.99. The quantitative estimate of drug-likeness (QED) is 0.672. The fourth-order valence-electron chi connectivity index (χ4n) is 2.95. The molecule has 0 aliphatic carbocycles. The van der Waals surface area contributed by atoms with E-state index in [9.17, 15) is 9.59 Å². The number of nitrogens with one attached hydrogen (secondary N) is 3. The molecular formula is C19H21Cl2N3O2S. The van der Waals surface area contributed by atoms with Crippen molar-refractivity contribution in [1.29, 1.82) is 0 Å². The van der Waals surface area contributed by atoms with Crippen molar-refractivity contribution in [2.24, 2.45) is 5.92 Å². The van der Waals surface area contributed by atoms with Gasteiger partial charge in [-0.2, -0.15) is 0 Å². The van der Waals surface area contributed by atoms with E-state index in [1.54, 1.807) is 6.07 Å². The second-order valence-electron chi connectivity index (χ2n) is 6.80. The zero-order valence-corrected chi connectivity index (χ0v) is 17.3. The molecule has 8 heteroatoms. The molecule has 1 aromatic carbocycles. The van der Waals surface area contributed by atoms with Crippen molar-refractivity contribution in [1.82, 2.24) is 16.0 Å². The maximum atomic E-state index is 12.3. The average molecular weight is 426 g/mol. The van der Waals surface area contributed by atoms with Crippen LogP contribution < -0.4 is 16.0 Å². The Morgan fingerprint density at radius 2 is 2.07 bits per heavy atom. The lowest BCUT2D eigenvalue weighted by Crippen LogP contribution is -2.46. The van der Waals surface area contributed by atoms with Crippen LogP contribution in [0.3, 0.4) is 0 Å². The highest BCUT2D eigenvalue weighted by molar-refractivity contribution is 7.14. The normalized spacial score (nSPS) is 19.8. The van der Waals surface area contributed by atoms with Crippen molar-refractivity contribution < 1.29 is 9.59 Å². The highest BCUT2D eigenvalue weighted by Crippen LogP contribution is 2.34. The second-order valence-corrected chi connectivity index (χ2v) is 8.73. The molecule has 3 rings (SSSR count). The predicted octanol–water partition coefficient (Wildman–Crippen LogP) is 4.18. The molecular weight excluding hydrogens is 405 g/mol. The fourth-order valence-corrected chi connectivity index (χ4v) is 4.20. The number of halogens is 2. The molecule has 2 amide bonds. The molecule has 1 aromatic heterocycles. The van der Waals surface area contributed by atoms with Gasteiger partial charge in [-0.15, -0.1) is 11.3 Å². The molecule has 0 spiro atoms. The predicted molar refractivity (Wildman–Crippen MR) is 109 cm³/mol. The first-order valence-electron chi connectivity index (χ1n) is 8.69. The summed E-state index contributed by atoms with van der Waals surface area (Å²) in [5.74, 6) is -0.157. The van der Waals surface area contributed by atoms with Crippen LogP contribution in [0.4, 0.5) is 0 Å². The smallest absolute Gasteiger partial charge is 0.223 e. The first-order valence-corrected chi connectivity index (χ1v) is 10.3. The van der Waals surface area contributed by atoms with Gasteiger partial charge in [0.25, 0.3) is 0 Å². The Balaban J connectivity index is 1.79. The van der Waals surface area contributed by atoms with Gasteiger partial charge in [0.05, 0.1) is 4.34 Å². The minimum Gasteiger partial charge on any atom is -0.352 e. The highest BCUT2D eigenvalue weighted by atomic mass is 35.5. The molecule has 2 atom stereocenters. The Bertz CT molecular complexity index is 853. The number of amides is 2. The lowest BCUT2D eigenvalue weighted by molar-refractivity contribution is -0.125. The molecule has 1 aliphatic rings. The van der Waals surface area contributed by atoms with Gasteiger partial charge in [0.15, 0.2) is 0 Å². The van der Waals surface area contributed by atoms with Crippen LogP contribution in [0.15, 0.2) is 29.6 Å². The van der Waals surface area contributed by atoms with Crippen molar-refractivity contribution in [3.8, 4) is 0 Å². The van der Waals surface area contributed by atoms with Crippen molar-refractivity contribution in [3.63, 3.8) is 0 Å². The van der Waals surface area contributed by atoms with E-state index < -0.39 is 6.17 Å². The lowest BCUT2D eigenvalue weighted by atomic mass is 10.0. The standard InChI is InChI=1S/C19H21Cl2N3O2S/c1-10(2)19(26)22-9-11-3-4-14(20)13(7-11)18-23-15(8-16(25)24-18)12-5-6-27-17(12)21/h3-7,10,15,18,23H,8-9H2,1-2H3,(H,22,26)(H,24,25). The van der Waals surface area contributed by atoms with Gasteiger partial charge < -0.3 is 10.6 Å². The lowest BCUT2D eigenvalue weighted by Gasteiger charge is -2.32. The van der Waals surface area contributed by atoms with Crippen LogP contribution in [0.2, 0.25) is 9.36 Å². The van der Waals surface area contributed by atoms with Crippen LogP contribution in [-0.4, -0.2) is 11.8 Å². The summed E-state index contributed by atoms with van der Waals surface area (Å²) in [6.45, 7) is 4.10. The van der Waals surface area contributed by atoms with Crippen molar-refractivity contribution in [2.45, 2.75) is 39.0 Å². The van der Waals surface area contributed by atoms with Crippen LogP contribution in [0.5, 0.6) is 0 Å². The molecule has 1 aliphatic heterocycles. The number of rotatable bonds is 5. The molecule has 3 N–H and O–H groups in total. The van der Waals surface area contributed by atoms with E-state index in [4.69, 9.17) is 23.2 Å². The summed E-state index contributed by atoms with van der Waals surface area (Å²) in [6.07, 6.45) is -0.116. The molecule has 0 saturated carbocycles. The highest BCUT2D eigenvalue weighted by Gasteiger charge is 2.30. The van der Waals surface area contributed by atoms with Gasteiger partial charge in [0.2, 0.25) is 11.8 Å². The molecule has 2 heterocycles.